The summed E-state index contributed by atoms with van der Waals surface area (Å²) in [5, 5.41) is 0.274. The molecule has 0 spiro atoms. The molecule has 1 aliphatic rings. The molecule has 0 radical (unpaired) electrons. The van der Waals surface area contributed by atoms with E-state index in [4.69, 9.17) is 21.1 Å². The van der Waals surface area contributed by atoms with Crippen LogP contribution in [0.4, 0.5) is 35.5 Å². The zero-order valence-corrected chi connectivity index (χ0v) is 22.6. The molecule has 0 N–H and O–H groups in total. The molecule has 0 bridgehead atoms. The highest BCUT2D eigenvalue weighted by atomic mass is 35.5. The van der Waals surface area contributed by atoms with Crippen LogP contribution in [-0.4, -0.2) is 18.1 Å². The monoisotopic (exact) mass is 601 g/mol. The van der Waals surface area contributed by atoms with Gasteiger partial charge in [-0.2, -0.15) is 26.3 Å². The summed E-state index contributed by atoms with van der Waals surface area (Å²) < 4.78 is 106. The van der Waals surface area contributed by atoms with Crippen molar-refractivity contribution in [1.29, 1.82) is 0 Å². The number of alkyl halides is 6. The number of carbonyl (C=O) groups is 1. The first-order valence-corrected chi connectivity index (χ1v) is 12.5. The molecule has 0 aromatic heterocycles. The summed E-state index contributed by atoms with van der Waals surface area (Å²) in [6.45, 7) is 7.09. The highest BCUT2D eigenvalue weighted by Crippen LogP contribution is 2.43. The summed E-state index contributed by atoms with van der Waals surface area (Å²) >= 11 is 6.23. The maximum atomic E-state index is 14.7. The SMILES string of the molecule is C=C1[C@@H](c2cc(C(F)(F)F)cc(C(F)(F)F)c2)OC(=O)N1Cc1cc(Cl)ccc1-c1cc(C(C)C)c(F)cc1OC. The maximum Gasteiger partial charge on any atom is 0.416 e. The second-order valence-corrected chi connectivity index (χ2v) is 10.1. The van der Waals surface area contributed by atoms with Gasteiger partial charge >= 0.3 is 18.4 Å². The van der Waals surface area contributed by atoms with Crippen LogP contribution in [0.3, 0.4) is 0 Å². The number of methoxy groups -OCH3 is 1. The van der Waals surface area contributed by atoms with Crippen molar-refractivity contribution < 1.29 is 45.0 Å². The van der Waals surface area contributed by atoms with Gasteiger partial charge in [0.1, 0.15) is 11.6 Å². The fourth-order valence-corrected chi connectivity index (χ4v) is 4.76. The second kappa shape index (κ2) is 10.9. The number of amides is 1. The van der Waals surface area contributed by atoms with Gasteiger partial charge in [-0.1, -0.05) is 38.1 Å². The van der Waals surface area contributed by atoms with E-state index in [0.29, 0.717) is 34.4 Å². The number of halogens is 8. The Bertz CT molecular complexity index is 1480. The lowest BCUT2D eigenvalue weighted by Crippen LogP contribution is -2.22. The third-order valence-electron chi connectivity index (χ3n) is 6.63. The summed E-state index contributed by atoms with van der Waals surface area (Å²) in [6, 6.07) is 8.52. The topological polar surface area (TPSA) is 38.8 Å². The Morgan fingerprint density at radius 3 is 2.12 bits per heavy atom. The smallest absolute Gasteiger partial charge is 0.416 e. The zero-order valence-electron chi connectivity index (χ0n) is 21.9. The quantitative estimate of drug-likeness (QED) is 0.264. The van der Waals surface area contributed by atoms with E-state index in [1.165, 1.54) is 19.2 Å². The first kappa shape index (κ1) is 30.2. The van der Waals surface area contributed by atoms with Crippen molar-refractivity contribution in [2.45, 2.75) is 44.8 Å². The average molecular weight is 602 g/mol. The number of benzene rings is 3. The van der Waals surface area contributed by atoms with Crippen LogP contribution in [0.2, 0.25) is 5.02 Å². The third kappa shape index (κ3) is 6.14. The highest BCUT2D eigenvalue weighted by Gasteiger charge is 2.42. The number of hydrogen-bond donors (Lipinski definition) is 0. The van der Waals surface area contributed by atoms with Crippen LogP contribution >= 0.6 is 11.6 Å². The van der Waals surface area contributed by atoms with Gasteiger partial charge in [-0.15, -0.1) is 0 Å². The van der Waals surface area contributed by atoms with Gasteiger partial charge in [-0.05, 0) is 64.6 Å². The van der Waals surface area contributed by atoms with Crippen LogP contribution in [0.5, 0.6) is 5.75 Å². The van der Waals surface area contributed by atoms with E-state index < -0.39 is 47.1 Å². The van der Waals surface area contributed by atoms with E-state index in [2.05, 4.69) is 6.58 Å². The lowest BCUT2D eigenvalue weighted by Gasteiger charge is -2.21. The molecule has 4 nitrogen and oxygen atoms in total. The van der Waals surface area contributed by atoms with E-state index in [9.17, 15) is 35.5 Å². The molecule has 1 aliphatic heterocycles. The van der Waals surface area contributed by atoms with Gasteiger partial charge in [0.05, 0.1) is 30.5 Å². The van der Waals surface area contributed by atoms with Gasteiger partial charge in [0.2, 0.25) is 0 Å². The molecule has 4 rings (SSSR count). The largest absolute Gasteiger partial charge is 0.496 e. The van der Waals surface area contributed by atoms with Gasteiger partial charge in [0, 0.05) is 16.7 Å². The molecule has 1 saturated heterocycles. The minimum atomic E-state index is -5.08. The number of hydrogen-bond acceptors (Lipinski definition) is 3. The lowest BCUT2D eigenvalue weighted by atomic mass is 9.93. The summed E-state index contributed by atoms with van der Waals surface area (Å²) in [5.41, 5.74) is -2.03. The van der Waals surface area contributed by atoms with E-state index in [1.807, 2.05) is 0 Å². The first-order valence-electron chi connectivity index (χ1n) is 12.1. The molecule has 41 heavy (non-hydrogen) atoms. The molecule has 0 aliphatic carbocycles. The van der Waals surface area contributed by atoms with E-state index >= 15 is 0 Å². The Morgan fingerprint density at radius 2 is 1.59 bits per heavy atom. The predicted octanol–water partition coefficient (Wildman–Crippen LogP) is 9.52. The van der Waals surface area contributed by atoms with Crippen molar-refractivity contribution in [3.8, 4) is 16.9 Å². The standard InChI is InChI=1S/C29H23ClF7NO3/c1-14(2)22-11-23(25(40-4)12-24(22)31)21-6-5-20(30)9-17(21)13-38-15(3)26(41-27(38)39)16-7-18(28(32,33)34)10-19(8-16)29(35,36)37/h5-12,14,26H,3,13H2,1-2,4H3/t26-/m0/s1. The molecule has 1 fully saturated rings. The van der Waals surface area contributed by atoms with Crippen LogP contribution in [0, 0.1) is 5.82 Å². The van der Waals surface area contributed by atoms with E-state index in [0.717, 1.165) is 4.90 Å². The van der Waals surface area contributed by atoms with Crippen molar-refractivity contribution in [3.63, 3.8) is 0 Å². The molecule has 12 heteroatoms. The molecular weight excluding hydrogens is 579 g/mol. The molecule has 3 aromatic carbocycles. The average Bonchev–Trinajstić information content (AvgIpc) is 3.15. The fourth-order valence-electron chi connectivity index (χ4n) is 4.57. The van der Waals surface area contributed by atoms with Crippen molar-refractivity contribution in [3.05, 3.63) is 99.5 Å². The van der Waals surface area contributed by atoms with E-state index in [1.54, 1.807) is 32.0 Å². The van der Waals surface area contributed by atoms with Crippen LogP contribution in [0.1, 0.15) is 53.7 Å². The first-order chi connectivity index (χ1) is 19.0. The molecule has 0 saturated carbocycles. The van der Waals surface area contributed by atoms with Crippen LogP contribution in [0.25, 0.3) is 11.1 Å². The van der Waals surface area contributed by atoms with Crippen LogP contribution in [-0.2, 0) is 23.6 Å². The van der Waals surface area contributed by atoms with Gasteiger partial charge < -0.3 is 9.47 Å². The molecule has 1 atom stereocenters. The summed E-state index contributed by atoms with van der Waals surface area (Å²) in [7, 11) is 1.36. The Balaban J connectivity index is 1.76. The van der Waals surface area contributed by atoms with Crippen LogP contribution in [0.15, 0.2) is 60.8 Å². The van der Waals surface area contributed by atoms with Crippen LogP contribution < -0.4 is 4.74 Å². The highest BCUT2D eigenvalue weighted by molar-refractivity contribution is 6.30. The summed E-state index contributed by atoms with van der Waals surface area (Å²) in [5.74, 6) is -0.465. The Hall–Kier alpha value is -3.73. The minimum Gasteiger partial charge on any atom is -0.496 e. The molecule has 1 heterocycles. The molecule has 0 unspecified atom stereocenters. The van der Waals surface area contributed by atoms with Crippen molar-refractivity contribution in [2.24, 2.45) is 0 Å². The Labute approximate surface area is 235 Å². The molecule has 218 valence electrons. The predicted molar refractivity (Wildman–Crippen MR) is 138 cm³/mol. The second-order valence-electron chi connectivity index (χ2n) is 9.71. The third-order valence-corrected chi connectivity index (χ3v) is 6.86. The summed E-state index contributed by atoms with van der Waals surface area (Å²) in [6.07, 6.45) is -12.8. The van der Waals surface area contributed by atoms with Gasteiger partial charge in [0.15, 0.2) is 6.10 Å². The number of cyclic esters (lactones) is 1. The van der Waals surface area contributed by atoms with Crippen molar-refractivity contribution in [1.82, 2.24) is 4.90 Å². The normalized spacial score (nSPS) is 16.0. The number of ether oxygens (including phenoxy) is 2. The van der Waals surface area contributed by atoms with Gasteiger partial charge in [-0.25, -0.2) is 9.18 Å². The number of nitrogens with zero attached hydrogens (tertiary/aromatic N) is 1. The van der Waals surface area contributed by atoms with Crippen molar-refractivity contribution >= 4 is 17.7 Å². The van der Waals surface area contributed by atoms with Crippen molar-refractivity contribution in [2.75, 3.05) is 7.11 Å². The number of rotatable bonds is 6. The molecule has 3 aromatic rings. The summed E-state index contributed by atoms with van der Waals surface area (Å²) in [4.78, 5) is 13.9. The molecule has 1 amide bonds. The fraction of sp³-hybridized carbons (Fsp3) is 0.276. The maximum absolute atomic E-state index is 14.7. The minimum absolute atomic E-state index is 0.0133. The Kier molecular flexibility index (Phi) is 8.05. The lowest BCUT2D eigenvalue weighted by molar-refractivity contribution is -0.143. The van der Waals surface area contributed by atoms with Gasteiger partial charge in [0.25, 0.3) is 0 Å². The van der Waals surface area contributed by atoms with E-state index in [-0.39, 0.29) is 35.0 Å². The number of carbonyl (C=O) groups excluding carboxylic acids is 1. The Morgan fingerprint density at radius 1 is 0.976 bits per heavy atom. The molecular formula is C29H23ClF7NO3. The zero-order chi connectivity index (χ0) is 30.4. The van der Waals surface area contributed by atoms with Gasteiger partial charge in [-0.3, -0.25) is 4.90 Å².